The summed E-state index contributed by atoms with van der Waals surface area (Å²) in [6.07, 6.45) is 8.05. The molecule has 3 rings (SSSR count). The molecule has 0 atom stereocenters. The maximum absolute atomic E-state index is 12.7. The van der Waals surface area contributed by atoms with Gasteiger partial charge in [-0.3, -0.25) is 14.6 Å². The first kappa shape index (κ1) is 19.5. The zero-order chi connectivity index (χ0) is 20.3. The fourth-order valence-electron chi connectivity index (χ4n) is 2.82. The van der Waals surface area contributed by atoms with E-state index in [1.165, 1.54) is 17.5 Å². The third kappa shape index (κ3) is 3.72. The first-order valence-electron chi connectivity index (χ1n) is 8.85. The monoisotopic (exact) mass is 395 g/mol. The molecule has 8 heteroatoms. The van der Waals surface area contributed by atoms with Crippen molar-refractivity contribution >= 4 is 45.2 Å². The lowest BCUT2D eigenvalue weighted by Crippen LogP contribution is -2.14. The lowest BCUT2D eigenvalue weighted by Gasteiger charge is -2.08. The molecule has 28 heavy (non-hydrogen) atoms. The van der Waals surface area contributed by atoms with Crippen molar-refractivity contribution < 1.29 is 4.79 Å². The quantitative estimate of drug-likeness (QED) is 0.547. The Morgan fingerprint density at radius 3 is 2.86 bits per heavy atom. The van der Waals surface area contributed by atoms with Crippen LogP contribution in [0.5, 0.6) is 0 Å². The van der Waals surface area contributed by atoms with E-state index in [-0.39, 0.29) is 17.2 Å². The maximum atomic E-state index is 12.7. The van der Waals surface area contributed by atoms with Crippen LogP contribution in [0.1, 0.15) is 31.6 Å². The van der Waals surface area contributed by atoms with Crippen molar-refractivity contribution in [3.05, 3.63) is 52.4 Å². The molecule has 3 aromatic heterocycles. The second-order valence-corrected chi connectivity index (χ2v) is 7.17. The number of aromatic amines is 1. The lowest BCUT2D eigenvalue weighted by atomic mass is 10.2. The number of carbonyl (C=O) groups excluding carboxylic acids is 1. The number of rotatable bonds is 6. The van der Waals surface area contributed by atoms with Crippen LogP contribution in [0, 0.1) is 0 Å². The van der Waals surface area contributed by atoms with E-state index in [1.54, 1.807) is 18.3 Å². The van der Waals surface area contributed by atoms with Gasteiger partial charge in [-0.25, -0.2) is 4.98 Å². The number of amides is 1. The molecule has 0 bridgehead atoms. The summed E-state index contributed by atoms with van der Waals surface area (Å²) >= 11 is 1.36. The molecule has 3 aromatic rings. The van der Waals surface area contributed by atoms with Gasteiger partial charge in [-0.1, -0.05) is 25.7 Å². The number of nitrogens with zero attached hydrogens (tertiary/aromatic N) is 2. The number of fused-ring (bicyclic) bond motifs is 1. The van der Waals surface area contributed by atoms with Crippen LogP contribution in [0.15, 0.2) is 42.0 Å². The van der Waals surface area contributed by atoms with E-state index in [0.717, 1.165) is 16.9 Å². The van der Waals surface area contributed by atoms with Crippen molar-refractivity contribution in [3.63, 3.8) is 0 Å². The number of aromatic nitrogens is 3. The van der Waals surface area contributed by atoms with Crippen molar-refractivity contribution in [1.29, 1.82) is 0 Å². The molecule has 0 saturated carbocycles. The van der Waals surface area contributed by atoms with E-state index in [1.807, 2.05) is 19.9 Å². The number of H-pyrrole nitrogens is 1. The average Bonchev–Trinajstić information content (AvgIpc) is 3.12. The summed E-state index contributed by atoms with van der Waals surface area (Å²) in [5.74, 6) is -0.104. The van der Waals surface area contributed by atoms with Crippen LogP contribution in [0.2, 0.25) is 0 Å². The summed E-state index contributed by atoms with van der Waals surface area (Å²) in [5, 5.41) is 3.27. The van der Waals surface area contributed by atoms with Gasteiger partial charge in [0.25, 0.3) is 5.56 Å². The van der Waals surface area contributed by atoms with Gasteiger partial charge < -0.3 is 16.0 Å². The first-order valence-corrected chi connectivity index (χ1v) is 9.66. The Hall–Kier alpha value is -3.26. The molecule has 0 aliphatic carbocycles. The van der Waals surface area contributed by atoms with Crippen molar-refractivity contribution in [3.8, 4) is 10.6 Å². The van der Waals surface area contributed by atoms with Crippen LogP contribution in [0.3, 0.4) is 0 Å². The van der Waals surface area contributed by atoms with Crippen molar-refractivity contribution in [1.82, 2.24) is 15.0 Å². The summed E-state index contributed by atoms with van der Waals surface area (Å²) in [6.45, 7) is 7.62. The van der Waals surface area contributed by atoms with Crippen LogP contribution >= 0.6 is 11.3 Å². The fraction of sp³-hybridized carbons (Fsp3) is 0.200. The van der Waals surface area contributed by atoms with Gasteiger partial charge in [-0.15, -0.1) is 11.3 Å². The molecular formula is C20H21N5O2S. The van der Waals surface area contributed by atoms with E-state index in [4.69, 9.17) is 5.73 Å². The van der Waals surface area contributed by atoms with Crippen LogP contribution < -0.4 is 16.6 Å². The maximum Gasteiger partial charge on any atom is 0.260 e. The zero-order valence-corrected chi connectivity index (χ0v) is 16.5. The topological polar surface area (TPSA) is 114 Å². The number of hydrogen-bond donors (Lipinski definition) is 3. The number of anilines is 2. The van der Waals surface area contributed by atoms with E-state index < -0.39 is 0 Å². The lowest BCUT2D eigenvalue weighted by molar-refractivity contribution is -0.116. The molecule has 0 saturated heterocycles. The Labute approximate surface area is 166 Å². The minimum absolute atomic E-state index is 0.104. The molecule has 3 heterocycles. The molecule has 0 spiro atoms. The van der Waals surface area contributed by atoms with Gasteiger partial charge in [0.05, 0.1) is 28.0 Å². The number of pyridine rings is 2. The Balaban J connectivity index is 2.05. The van der Waals surface area contributed by atoms with Gasteiger partial charge in [0.1, 0.15) is 16.1 Å². The smallest absolute Gasteiger partial charge is 0.260 e. The van der Waals surface area contributed by atoms with Crippen LogP contribution in [-0.2, 0) is 4.79 Å². The molecule has 144 valence electrons. The van der Waals surface area contributed by atoms with Crippen molar-refractivity contribution in [2.45, 2.75) is 26.7 Å². The number of nitrogens with one attached hydrogen (secondary N) is 2. The van der Waals surface area contributed by atoms with Crippen molar-refractivity contribution in [2.75, 3.05) is 11.1 Å². The number of nitrogens with two attached hydrogens (primary N) is 1. The largest absolute Gasteiger partial charge is 0.396 e. The Morgan fingerprint density at radius 2 is 2.18 bits per heavy atom. The van der Waals surface area contributed by atoms with Gasteiger partial charge in [-0.05, 0) is 25.0 Å². The predicted octanol–water partition coefficient (Wildman–Crippen LogP) is 3.96. The van der Waals surface area contributed by atoms with Gasteiger partial charge in [0.15, 0.2) is 0 Å². The number of hydrogen-bond acceptors (Lipinski definition) is 6. The van der Waals surface area contributed by atoms with E-state index >= 15 is 0 Å². The molecule has 0 fully saturated rings. The van der Waals surface area contributed by atoms with Crippen molar-refractivity contribution in [2.24, 2.45) is 0 Å². The van der Waals surface area contributed by atoms with Crippen LogP contribution in [0.25, 0.3) is 27.2 Å². The summed E-state index contributed by atoms with van der Waals surface area (Å²) in [4.78, 5) is 36.8. The summed E-state index contributed by atoms with van der Waals surface area (Å²) < 4.78 is 0. The Bertz CT molecular complexity index is 1140. The number of allylic oxidation sites excluding steroid dienone is 3. The molecule has 0 aromatic carbocycles. The Kier molecular flexibility index (Phi) is 5.70. The minimum atomic E-state index is -0.356. The van der Waals surface area contributed by atoms with Crippen LogP contribution in [-0.4, -0.2) is 20.9 Å². The van der Waals surface area contributed by atoms with E-state index in [2.05, 4.69) is 26.8 Å². The highest BCUT2D eigenvalue weighted by Crippen LogP contribution is 2.33. The Morgan fingerprint density at radius 1 is 1.39 bits per heavy atom. The molecule has 0 radical (unpaired) electrons. The highest BCUT2D eigenvalue weighted by atomic mass is 32.1. The molecule has 4 N–H and O–H groups in total. The molecular weight excluding hydrogens is 374 g/mol. The highest BCUT2D eigenvalue weighted by molar-refractivity contribution is 7.16. The van der Waals surface area contributed by atoms with Gasteiger partial charge in [-0.2, -0.15) is 0 Å². The number of thiazole rings is 1. The zero-order valence-electron chi connectivity index (χ0n) is 15.7. The predicted molar refractivity (Wildman–Crippen MR) is 115 cm³/mol. The van der Waals surface area contributed by atoms with Gasteiger partial charge in [0.2, 0.25) is 5.91 Å². The second-order valence-electron chi connectivity index (χ2n) is 6.14. The number of nitrogen functional groups attached to an aromatic ring is 1. The number of carbonyl (C=O) groups is 1. The molecule has 1 amide bonds. The molecule has 0 unspecified atom stereocenters. The third-order valence-electron chi connectivity index (χ3n) is 4.18. The fourth-order valence-corrected chi connectivity index (χ4v) is 3.86. The third-order valence-corrected chi connectivity index (χ3v) is 5.25. The van der Waals surface area contributed by atoms with E-state index in [0.29, 0.717) is 33.7 Å². The summed E-state index contributed by atoms with van der Waals surface area (Å²) in [5.41, 5.74) is 8.81. The highest BCUT2D eigenvalue weighted by Gasteiger charge is 2.17. The standard InChI is InChI=1S/C20H21N5O2S/c1-4-7-15(26)24-12-8-13-18(22-9-12)17(21)16(19(27)25-13)20-23-10-14(28-20)11(5-2)6-3/h5-6,8-10H,2,4,7H2,1,3H3,(H,24,26)(H3,21,25,27)/b11-6+. The summed E-state index contributed by atoms with van der Waals surface area (Å²) in [7, 11) is 0. The average molecular weight is 395 g/mol. The van der Waals surface area contributed by atoms with E-state index in [9.17, 15) is 9.59 Å². The first-order chi connectivity index (χ1) is 13.5. The van der Waals surface area contributed by atoms with Gasteiger partial charge >= 0.3 is 0 Å². The second kappa shape index (κ2) is 8.18. The SMILES string of the molecule is C=C/C(=C\C)c1cnc(-c2c(N)c3ncc(NC(=O)CCC)cc3[nH]c2=O)s1. The van der Waals surface area contributed by atoms with Crippen LogP contribution in [0.4, 0.5) is 11.4 Å². The normalized spacial score (nSPS) is 11.6. The summed E-state index contributed by atoms with van der Waals surface area (Å²) in [6, 6.07) is 1.65. The molecule has 0 aliphatic heterocycles. The molecule has 0 aliphatic rings. The minimum Gasteiger partial charge on any atom is -0.396 e. The molecule has 7 nitrogen and oxygen atoms in total. The van der Waals surface area contributed by atoms with Gasteiger partial charge in [0, 0.05) is 12.6 Å².